The van der Waals surface area contributed by atoms with E-state index in [0.29, 0.717) is 0 Å². The van der Waals surface area contributed by atoms with Gasteiger partial charge in [0.05, 0.1) is 16.9 Å². The van der Waals surface area contributed by atoms with Gasteiger partial charge in [0.15, 0.2) is 0 Å². The largest absolute Gasteiger partial charge is 0.290 e. The molecular formula is C20H22N2O. The molecule has 3 rings (SSSR count). The smallest absolute Gasteiger partial charge is 0.275 e. The highest BCUT2D eigenvalue weighted by Gasteiger charge is 2.26. The minimum absolute atomic E-state index is 0.0157. The molecule has 0 aliphatic carbocycles. The Bertz CT molecular complexity index is 880. The first-order chi connectivity index (χ1) is 10.9. The Balaban J connectivity index is 2.29. The number of aromatic amines is 1. The van der Waals surface area contributed by atoms with Crippen molar-refractivity contribution in [2.45, 2.75) is 33.1 Å². The molecule has 0 atom stereocenters. The number of H-pyrrole nitrogens is 1. The summed E-state index contributed by atoms with van der Waals surface area (Å²) in [6.45, 7) is 8.25. The van der Waals surface area contributed by atoms with Crippen molar-refractivity contribution in [3.05, 3.63) is 76.1 Å². The summed E-state index contributed by atoms with van der Waals surface area (Å²) >= 11 is 0. The lowest BCUT2D eigenvalue weighted by atomic mass is 9.85. The zero-order chi connectivity index (χ0) is 16.6. The molecular weight excluding hydrogens is 284 g/mol. The van der Waals surface area contributed by atoms with E-state index in [1.807, 2.05) is 61.5 Å². The van der Waals surface area contributed by atoms with Gasteiger partial charge < -0.3 is 0 Å². The molecule has 2 aromatic carbocycles. The molecule has 3 heteroatoms. The second-order valence-corrected chi connectivity index (χ2v) is 6.96. The van der Waals surface area contributed by atoms with Crippen LogP contribution in [0.5, 0.6) is 0 Å². The van der Waals surface area contributed by atoms with E-state index in [9.17, 15) is 4.79 Å². The predicted octanol–water partition coefficient (Wildman–Crippen LogP) is 4.44. The molecule has 0 aliphatic rings. The van der Waals surface area contributed by atoms with E-state index in [2.05, 4.69) is 25.9 Å². The van der Waals surface area contributed by atoms with Gasteiger partial charge in [0.25, 0.3) is 5.56 Å². The standard InChI is InChI=1S/C20H22N2O/c1-14-9-8-12-16(13-14)22-19(23)17(20(2,3)4)18(21-22)15-10-6-5-7-11-15/h5-13,21H,1-4H3. The maximum absolute atomic E-state index is 13.1. The number of hydrogen-bond acceptors (Lipinski definition) is 1. The summed E-state index contributed by atoms with van der Waals surface area (Å²) in [5, 5.41) is 3.32. The third kappa shape index (κ3) is 2.87. The highest BCUT2D eigenvalue weighted by molar-refractivity contribution is 5.64. The summed E-state index contributed by atoms with van der Waals surface area (Å²) in [6, 6.07) is 18.0. The van der Waals surface area contributed by atoms with Crippen LogP contribution in [0.3, 0.4) is 0 Å². The first kappa shape index (κ1) is 15.3. The minimum atomic E-state index is -0.242. The zero-order valence-corrected chi connectivity index (χ0v) is 14.1. The van der Waals surface area contributed by atoms with Crippen LogP contribution in [-0.4, -0.2) is 9.78 Å². The Morgan fingerprint density at radius 2 is 1.65 bits per heavy atom. The molecule has 3 aromatic rings. The molecule has 0 amide bonds. The van der Waals surface area contributed by atoms with Crippen molar-refractivity contribution in [3.8, 4) is 16.9 Å². The van der Waals surface area contributed by atoms with Gasteiger partial charge in [0.2, 0.25) is 0 Å². The van der Waals surface area contributed by atoms with Crippen molar-refractivity contribution in [2.24, 2.45) is 0 Å². The number of benzene rings is 2. The van der Waals surface area contributed by atoms with Crippen LogP contribution >= 0.6 is 0 Å². The fourth-order valence-electron chi connectivity index (χ4n) is 2.90. The van der Waals surface area contributed by atoms with Gasteiger partial charge in [-0.05, 0) is 35.6 Å². The van der Waals surface area contributed by atoms with E-state index in [-0.39, 0.29) is 11.0 Å². The maximum atomic E-state index is 13.1. The first-order valence-electron chi connectivity index (χ1n) is 7.86. The number of hydrogen-bond donors (Lipinski definition) is 1. The lowest BCUT2D eigenvalue weighted by molar-refractivity contribution is 0.586. The Morgan fingerprint density at radius 1 is 0.957 bits per heavy atom. The first-order valence-corrected chi connectivity index (χ1v) is 7.86. The van der Waals surface area contributed by atoms with Gasteiger partial charge in [-0.3, -0.25) is 9.89 Å². The monoisotopic (exact) mass is 306 g/mol. The molecule has 0 saturated heterocycles. The molecule has 0 radical (unpaired) electrons. The fourth-order valence-corrected chi connectivity index (χ4v) is 2.90. The topological polar surface area (TPSA) is 37.8 Å². The molecule has 1 heterocycles. The van der Waals surface area contributed by atoms with Crippen molar-refractivity contribution in [3.63, 3.8) is 0 Å². The average molecular weight is 306 g/mol. The van der Waals surface area contributed by atoms with E-state index >= 15 is 0 Å². The summed E-state index contributed by atoms with van der Waals surface area (Å²) in [4.78, 5) is 13.1. The van der Waals surface area contributed by atoms with E-state index in [1.165, 1.54) is 0 Å². The minimum Gasteiger partial charge on any atom is -0.290 e. The van der Waals surface area contributed by atoms with Gasteiger partial charge in [-0.15, -0.1) is 0 Å². The number of rotatable bonds is 2. The predicted molar refractivity (Wildman–Crippen MR) is 95.3 cm³/mol. The number of aromatic nitrogens is 2. The third-order valence-corrected chi connectivity index (χ3v) is 3.96. The average Bonchev–Trinajstić information content (AvgIpc) is 2.86. The van der Waals surface area contributed by atoms with Gasteiger partial charge in [-0.1, -0.05) is 63.2 Å². The maximum Gasteiger partial charge on any atom is 0.275 e. The molecule has 0 fully saturated rings. The van der Waals surface area contributed by atoms with Gasteiger partial charge in [0, 0.05) is 0 Å². The summed E-state index contributed by atoms with van der Waals surface area (Å²) in [6.07, 6.45) is 0. The third-order valence-electron chi connectivity index (χ3n) is 3.96. The van der Waals surface area contributed by atoms with E-state index in [1.54, 1.807) is 4.68 Å². The Morgan fingerprint density at radius 3 is 2.26 bits per heavy atom. The molecule has 23 heavy (non-hydrogen) atoms. The molecule has 0 unspecified atom stereocenters. The Kier molecular flexibility index (Phi) is 3.72. The van der Waals surface area contributed by atoms with Crippen molar-refractivity contribution in [2.75, 3.05) is 0 Å². The van der Waals surface area contributed by atoms with Crippen molar-refractivity contribution in [1.29, 1.82) is 0 Å². The Labute approximate surface area is 136 Å². The van der Waals surface area contributed by atoms with Crippen LogP contribution in [0.4, 0.5) is 0 Å². The summed E-state index contributed by atoms with van der Waals surface area (Å²) in [5.74, 6) is 0. The quantitative estimate of drug-likeness (QED) is 0.747. The molecule has 0 bridgehead atoms. The van der Waals surface area contributed by atoms with Crippen LogP contribution < -0.4 is 5.56 Å². The van der Waals surface area contributed by atoms with Crippen LogP contribution in [0, 0.1) is 6.92 Å². The summed E-state index contributed by atoms with van der Waals surface area (Å²) in [7, 11) is 0. The van der Waals surface area contributed by atoms with Crippen molar-refractivity contribution >= 4 is 0 Å². The second kappa shape index (κ2) is 5.58. The lowest BCUT2D eigenvalue weighted by Gasteiger charge is -2.17. The van der Waals surface area contributed by atoms with E-state index in [4.69, 9.17) is 0 Å². The molecule has 3 nitrogen and oxygen atoms in total. The van der Waals surface area contributed by atoms with Gasteiger partial charge in [0.1, 0.15) is 0 Å². The summed E-state index contributed by atoms with van der Waals surface area (Å²) < 4.78 is 1.65. The molecule has 0 saturated carbocycles. The van der Waals surface area contributed by atoms with Gasteiger partial charge in [-0.25, -0.2) is 4.68 Å². The Hall–Kier alpha value is -2.55. The van der Waals surface area contributed by atoms with E-state index < -0.39 is 0 Å². The highest BCUT2D eigenvalue weighted by Crippen LogP contribution is 2.29. The van der Waals surface area contributed by atoms with Gasteiger partial charge in [-0.2, -0.15) is 0 Å². The van der Waals surface area contributed by atoms with Crippen molar-refractivity contribution < 1.29 is 0 Å². The van der Waals surface area contributed by atoms with Crippen LogP contribution in [0.1, 0.15) is 31.9 Å². The molecule has 1 aromatic heterocycles. The number of nitrogens with one attached hydrogen (secondary N) is 1. The fraction of sp³-hybridized carbons (Fsp3) is 0.250. The number of nitrogens with zero attached hydrogens (tertiary/aromatic N) is 1. The van der Waals surface area contributed by atoms with E-state index in [0.717, 1.165) is 28.1 Å². The zero-order valence-electron chi connectivity index (χ0n) is 14.1. The molecule has 1 N–H and O–H groups in total. The second-order valence-electron chi connectivity index (χ2n) is 6.96. The molecule has 0 spiro atoms. The van der Waals surface area contributed by atoms with Crippen LogP contribution in [0.25, 0.3) is 16.9 Å². The summed E-state index contributed by atoms with van der Waals surface area (Å²) in [5.41, 5.74) is 4.50. The lowest BCUT2D eigenvalue weighted by Crippen LogP contribution is -2.25. The van der Waals surface area contributed by atoms with Crippen LogP contribution in [-0.2, 0) is 5.41 Å². The van der Waals surface area contributed by atoms with Crippen LogP contribution in [0.2, 0.25) is 0 Å². The SMILES string of the molecule is Cc1cccc(-n2[nH]c(-c3ccccc3)c(C(C)(C)C)c2=O)c1. The van der Waals surface area contributed by atoms with Crippen LogP contribution in [0.15, 0.2) is 59.4 Å². The number of aryl methyl sites for hydroxylation is 1. The molecule has 0 aliphatic heterocycles. The normalized spacial score (nSPS) is 11.7. The van der Waals surface area contributed by atoms with Crippen molar-refractivity contribution in [1.82, 2.24) is 9.78 Å². The highest BCUT2D eigenvalue weighted by atomic mass is 16.1. The van der Waals surface area contributed by atoms with Gasteiger partial charge >= 0.3 is 0 Å². The molecule has 118 valence electrons.